The van der Waals surface area contributed by atoms with Crippen LogP contribution in [0, 0.1) is 0 Å². The van der Waals surface area contributed by atoms with Crippen LogP contribution in [0.5, 0.6) is 0 Å². The molecule has 0 radical (unpaired) electrons. The van der Waals surface area contributed by atoms with Gasteiger partial charge in [0.15, 0.2) is 5.78 Å². The molecule has 0 atom stereocenters. The number of benzene rings is 2. The van der Waals surface area contributed by atoms with Gasteiger partial charge < -0.3 is 0 Å². The van der Waals surface area contributed by atoms with E-state index in [2.05, 4.69) is 33.8 Å². The zero-order valence-corrected chi connectivity index (χ0v) is 13.7. The van der Waals surface area contributed by atoms with Gasteiger partial charge in [-0.2, -0.15) is 0 Å². The quantitative estimate of drug-likeness (QED) is 0.650. The summed E-state index contributed by atoms with van der Waals surface area (Å²) >= 11 is 5.99. The number of carbonyl (C=O) groups excluding carboxylic acids is 1. The molecule has 2 heteroatoms. The third-order valence-corrected chi connectivity index (χ3v) is 3.93. The van der Waals surface area contributed by atoms with Gasteiger partial charge in [-0.3, -0.25) is 4.79 Å². The zero-order chi connectivity index (χ0) is 15.6. The van der Waals surface area contributed by atoms with Crippen LogP contribution in [0.2, 0.25) is 5.02 Å². The Labute approximate surface area is 132 Å². The Bertz CT molecular complexity index is 656. The summed E-state index contributed by atoms with van der Waals surface area (Å²) in [5.74, 6) is 0.802. The van der Waals surface area contributed by atoms with E-state index >= 15 is 0 Å². The summed E-state index contributed by atoms with van der Waals surface area (Å²) in [6.45, 7) is 8.57. The molecule has 0 aliphatic carbocycles. The number of halogens is 1. The van der Waals surface area contributed by atoms with Crippen molar-refractivity contribution in [2.24, 2.45) is 0 Å². The predicted molar refractivity (Wildman–Crippen MR) is 89.5 cm³/mol. The molecule has 0 aliphatic rings. The lowest BCUT2D eigenvalue weighted by atomic mass is 9.88. The molecule has 21 heavy (non-hydrogen) atoms. The van der Waals surface area contributed by atoms with E-state index in [1.165, 1.54) is 5.56 Å². The van der Waals surface area contributed by atoms with Crippen LogP contribution in [0.3, 0.4) is 0 Å². The minimum Gasteiger partial charge on any atom is -0.289 e. The van der Waals surface area contributed by atoms with E-state index in [0.717, 1.165) is 11.1 Å². The third-order valence-electron chi connectivity index (χ3n) is 3.70. The zero-order valence-electron chi connectivity index (χ0n) is 13.0. The van der Waals surface area contributed by atoms with E-state index in [1.807, 2.05) is 24.3 Å². The van der Waals surface area contributed by atoms with Crippen LogP contribution >= 0.6 is 11.6 Å². The van der Waals surface area contributed by atoms with Gasteiger partial charge in [-0.15, -0.1) is 0 Å². The number of ketones is 1. The molecular weight excluding hydrogens is 280 g/mol. The fourth-order valence-electron chi connectivity index (χ4n) is 2.41. The van der Waals surface area contributed by atoms with Crippen molar-refractivity contribution in [2.45, 2.75) is 39.5 Å². The van der Waals surface area contributed by atoms with Crippen molar-refractivity contribution >= 4 is 17.4 Å². The van der Waals surface area contributed by atoms with Crippen molar-refractivity contribution in [2.75, 3.05) is 0 Å². The van der Waals surface area contributed by atoms with Crippen molar-refractivity contribution in [1.29, 1.82) is 0 Å². The van der Waals surface area contributed by atoms with Crippen LogP contribution in [0.25, 0.3) is 0 Å². The second-order valence-corrected chi connectivity index (χ2v) is 6.43. The maximum Gasteiger partial charge on any atom is 0.193 e. The Balaban J connectivity index is 2.50. The van der Waals surface area contributed by atoms with Gasteiger partial charge >= 0.3 is 0 Å². The number of carbonyl (C=O) groups is 1. The number of hydrogen-bond acceptors (Lipinski definition) is 1. The Hall–Kier alpha value is -1.60. The Morgan fingerprint density at radius 1 is 0.952 bits per heavy atom. The maximum absolute atomic E-state index is 12.7. The Morgan fingerprint density at radius 2 is 1.67 bits per heavy atom. The van der Waals surface area contributed by atoms with Gasteiger partial charge in [-0.25, -0.2) is 0 Å². The number of hydrogen-bond donors (Lipinski definition) is 0. The molecule has 0 N–H and O–H groups in total. The second kappa shape index (κ2) is 6.44. The lowest BCUT2D eigenvalue weighted by Gasteiger charge is -2.16. The van der Waals surface area contributed by atoms with E-state index in [0.29, 0.717) is 22.4 Å². The van der Waals surface area contributed by atoms with Gasteiger partial charge in [0.25, 0.3) is 0 Å². The van der Waals surface area contributed by atoms with E-state index in [-0.39, 0.29) is 5.78 Å². The Kier molecular flexibility index (Phi) is 4.84. The van der Waals surface area contributed by atoms with Crippen molar-refractivity contribution in [3.05, 3.63) is 69.7 Å². The smallest absolute Gasteiger partial charge is 0.193 e. The summed E-state index contributed by atoms with van der Waals surface area (Å²) in [5.41, 5.74) is 3.78. The van der Waals surface area contributed by atoms with E-state index in [1.54, 1.807) is 12.1 Å². The van der Waals surface area contributed by atoms with Gasteiger partial charge in [0.2, 0.25) is 0 Å². The molecule has 0 bridgehead atoms. The molecule has 1 nitrogen and oxygen atoms in total. The molecule has 2 aromatic carbocycles. The summed E-state index contributed by atoms with van der Waals surface area (Å²) < 4.78 is 0. The van der Waals surface area contributed by atoms with Crippen LogP contribution in [-0.2, 0) is 0 Å². The molecule has 0 spiro atoms. The molecular formula is C19H21ClO. The highest BCUT2D eigenvalue weighted by molar-refractivity contribution is 6.31. The minimum atomic E-state index is 0.0384. The van der Waals surface area contributed by atoms with Crippen LogP contribution in [0.15, 0.2) is 42.5 Å². The van der Waals surface area contributed by atoms with Crippen LogP contribution in [0.1, 0.15) is 66.6 Å². The van der Waals surface area contributed by atoms with Crippen molar-refractivity contribution in [3.63, 3.8) is 0 Å². The van der Waals surface area contributed by atoms with E-state index < -0.39 is 0 Å². The summed E-state index contributed by atoms with van der Waals surface area (Å²) in [4.78, 5) is 12.7. The molecule has 0 saturated carbocycles. The Morgan fingerprint density at radius 3 is 2.24 bits per heavy atom. The number of rotatable bonds is 4. The molecule has 0 fully saturated rings. The molecule has 0 amide bonds. The topological polar surface area (TPSA) is 17.1 Å². The molecule has 2 aromatic rings. The first-order valence-electron chi connectivity index (χ1n) is 7.34. The SMILES string of the molecule is CC(C)c1ccc(C(=O)c2cccc(Cl)c2)c(C(C)C)c1. The molecule has 2 rings (SSSR count). The highest BCUT2D eigenvalue weighted by Gasteiger charge is 2.17. The summed E-state index contributed by atoms with van der Waals surface area (Å²) in [6.07, 6.45) is 0. The average Bonchev–Trinajstić information content (AvgIpc) is 2.45. The van der Waals surface area contributed by atoms with Crippen molar-refractivity contribution in [3.8, 4) is 0 Å². The molecule has 0 aliphatic heterocycles. The third kappa shape index (κ3) is 3.54. The lowest BCUT2D eigenvalue weighted by molar-refractivity contribution is 0.103. The largest absolute Gasteiger partial charge is 0.289 e. The van der Waals surface area contributed by atoms with Gasteiger partial charge in [-0.1, -0.05) is 69.6 Å². The highest BCUT2D eigenvalue weighted by Crippen LogP contribution is 2.27. The first kappa shape index (κ1) is 15.8. The van der Waals surface area contributed by atoms with Crippen LogP contribution < -0.4 is 0 Å². The normalized spacial score (nSPS) is 11.2. The van der Waals surface area contributed by atoms with Crippen LogP contribution in [0.4, 0.5) is 0 Å². The fourth-order valence-corrected chi connectivity index (χ4v) is 2.60. The van der Waals surface area contributed by atoms with Gasteiger partial charge in [-0.05, 0) is 35.1 Å². The second-order valence-electron chi connectivity index (χ2n) is 6.00. The van der Waals surface area contributed by atoms with Crippen molar-refractivity contribution in [1.82, 2.24) is 0 Å². The summed E-state index contributed by atoms with van der Waals surface area (Å²) in [5, 5.41) is 0.589. The maximum atomic E-state index is 12.7. The molecule has 110 valence electrons. The molecule has 0 heterocycles. The lowest BCUT2D eigenvalue weighted by Crippen LogP contribution is -2.08. The summed E-state index contributed by atoms with van der Waals surface area (Å²) in [6, 6.07) is 13.3. The average molecular weight is 301 g/mol. The van der Waals surface area contributed by atoms with Crippen LogP contribution in [-0.4, -0.2) is 5.78 Å². The van der Waals surface area contributed by atoms with Gasteiger partial charge in [0.05, 0.1) is 0 Å². The predicted octanol–water partition coefficient (Wildman–Crippen LogP) is 5.82. The van der Waals surface area contributed by atoms with Gasteiger partial charge in [0, 0.05) is 16.1 Å². The standard InChI is InChI=1S/C19H21ClO/c1-12(2)14-8-9-17(18(11-14)13(3)4)19(21)15-6-5-7-16(20)10-15/h5-13H,1-4H3. The van der Waals surface area contributed by atoms with E-state index in [4.69, 9.17) is 11.6 Å². The fraction of sp³-hybridized carbons (Fsp3) is 0.316. The minimum absolute atomic E-state index is 0.0384. The first-order chi connectivity index (χ1) is 9.90. The summed E-state index contributed by atoms with van der Waals surface area (Å²) in [7, 11) is 0. The molecule has 0 unspecified atom stereocenters. The monoisotopic (exact) mass is 300 g/mol. The molecule has 0 saturated heterocycles. The first-order valence-corrected chi connectivity index (χ1v) is 7.72. The van der Waals surface area contributed by atoms with E-state index in [9.17, 15) is 4.79 Å². The van der Waals surface area contributed by atoms with Gasteiger partial charge in [0.1, 0.15) is 0 Å². The highest BCUT2D eigenvalue weighted by atomic mass is 35.5. The molecule has 0 aromatic heterocycles. The van der Waals surface area contributed by atoms with Crippen molar-refractivity contribution < 1.29 is 4.79 Å².